The van der Waals surface area contributed by atoms with E-state index in [1.54, 1.807) is 25.3 Å². The number of carboxylic acid groups (broad SMARTS) is 1. The highest BCUT2D eigenvalue weighted by molar-refractivity contribution is 5.94. The first-order chi connectivity index (χ1) is 19.4. The zero-order valence-electron chi connectivity index (χ0n) is 23.8. The number of aliphatic carboxylic acids is 1. The van der Waals surface area contributed by atoms with Crippen molar-refractivity contribution in [3.05, 3.63) is 42.2 Å². The Balaban J connectivity index is 1.84. The number of anilines is 2. The van der Waals surface area contributed by atoms with E-state index >= 15 is 0 Å². The van der Waals surface area contributed by atoms with Gasteiger partial charge < -0.3 is 34.6 Å². The summed E-state index contributed by atoms with van der Waals surface area (Å²) in [6.07, 6.45) is 9.47. The number of fused-ring (bicyclic) bond motifs is 1. The third kappa shape index (κ3) is 8.47. The van der Waals surface area contributed by atoms with Crippen molar-refractivity contribution in [1.29, 1.82) is 0 Å². The summed E-state index contributed by atoms with van der Waals surface area (Å²) in [4.78, 5) is 22.3. The molecule has 0 amide bonds. The summed E-state index contributed by atoms with van der Waals surface area (Å²) in [6, 6.07) is 6.76. The average molecular weight is 553 g/mol. The molecular formula is C30H40N4O6. The number of aromatic hydroxyl groups is 1. The monoisotopic (exact) mass is 552 g/mol. The van der Waals surface area contributed by atoms with Crippen molar-refractivity contribution < 1.29 is 29.2 Å². The van der Waals surface area contributed by atoms with Crippen molar-refractivity contribution in [2.24, 2.45) is 0 Å². The Morgan fingerprint density at radius 2 is 1.65 bits per heavy atom. The van der Waals surface area contributed by atoms with E-state index < -0.39 is 5.97 Å². The molecule has 0 aliphatic rings. The minimum Gasteiger partial charge on any atom is -0.503 e. The van der Waals surface area contributed by atoms with E-state index in [4.69, 9.17) is 19.3 Å². The fourth-order valence-corrected chi connectivity index (χ4v) is 4.28. The number of carbonyl (C=O) groups is 1. The molecule has 0 saturated carbocycles. The summed E-state index contributed by atoms with van der Waals surface area (Å²) in [6.45, 7) is 8.14. The molecule has 1 heterocycles. The number of nitrogens with one attached hydrogen (secondary N) is 1. The van der Waals surface area contributed by atoms with Crippen LogP contribution in [0.1, 0.15) is 51.5 Å². The minimum absolute atomic E-state index is 0.137. The number of rotatable bonds is 17. The summed E-state index contributed by atoms with van der Waals surface area (Å²) >= 11 is 0. The van der Waals surface area contributed by atoms with Gasteiger partial charge in [-0.1, -0.05) is 26.7 Å². The van der Waals surface area contributed by atoms with Crippen LogP contribution in [0.3, 0.4) is 0 Å². The number of hydrogen-bond donors (Lipinski definition) is 3. The Labute approximate surface area is 235 Å². The molecule has 0 fully saturated rings. The molecule has 3 N–H and O–H groups in total. The predicted molar refractivity (Wildman–Crippen MR) is 157 cm³/mol. The first-order valence-electron chi connectivity index (χ1n) is 13.7. The number of aromatic nitrogens is 2. The second kappa shape index (κ2) is 15.5. The largest absolute Gasteiger partial charge is 0.503 e. The Bertz CT molecular complexity index is 1290. The van der Waals surface area contributed by atoms with Crippen LogP contribution < -0.4 is 19.5 Å². The highest BCUT2D eigenvalue weighted by Crippen LogP contribution is 2.40. The van der Waals surface area contributed by atoms with Crippen LogP contribution in [-0.4, -0.2) is 71.5 Å². The number of hydrogen-bond acceptors (Lipinski definition) is 9. The van der Waals surface area contributed by atoms with Gasteiger partial charge in [-0.2, -0.15) is 0 Å². The summed E-state index contributed by atoms with van der Waals surface area (Å²) in [5.41, 5.74) is 1.44. The maximum absolute atomic E-state index is 11.0. The van der Waals surface area contributed by atoms with E-state index in [-0.39, 0.29) is 11.5 Å². The zero-order chi connectivity index (χ0) is 28.9. The second-order valence-electron chi connectivity index (χ2n) is 9.41. The number of phenolic OH excluding ortho intramolecular Hbond substituents is 1. The Morgan fingerprint density at radius 1 is 0.950 bits per heavy atom. The lowest BCUT2D eigenvalue weighted by Crippen LogP contribution is -2.28. The number of methoxy groups -OCH3 is 2. The first kappa shape index (κ1) is 30.5. The summed E-state index contributed by atoms with van der Waals surface area (Å²) < 4.78 is 17.0. The molecule has 10 heteroatoms. The molecular weight excluding hydrogens is 512 g/mol. The van der Waals surface area contributed by atoms with Crippen molar-refractivity contribution in [3.8, 4) is 23.0 Å². The van der Waals surface area contributed by atoms with Crippen molar-refractivity contribution in [2.75, 3.05) is 45.8 Å². The molecule has 0 unspecified atom stereocenters. The van der Waals surface area contributed by atoms with Crippen LogP contribution in [0.2, 0.25) is 0 Å². The molecule has 0 aliphatic carbocycles. The van der Waals surface area contributed by atoms with Gasteiger partial charge in [-0.25, -0.2) is 14.8 Å². The maximum Gasteiger partial charge on any atom is 0.328 e. The first-order valence-corrected chi connectivity index (χ1v) is 13.7. The number of benzene rings is 2. The SMILES string of the molecule is CCCCN(CCCC)CCCOc1cc2c(Nc3cc(/C=C/C(=O)O)cc(OC)c3O)ncnc2cc1OC. The van der Waals surface area contributed by atoms with Gasteiger partial charge in [-0.3, -0.25) is 0 Å². The van der Waals surface area contributed by atoms with Crippen LogP contribution in [0, 0.1) is 0 Å². The van der Waals surface area contributed by atoms with Crippen LogP contribution in [-0.2, 0) is 4.79 Å². The lowest BCUT2D eigenvalue weighted by molar-refractivity contribution is -0.131. The van der Waals surface area contributed by atoms with Gasteiger partial charge in [-0.15, -0.1) is 0 Å². The lowest BCUT2D eigenvalue weighted by atomic mass is 10.1. The van der Waals surface area contributed by atoms with Gasteiger partial charge in [0.05, 0.1) is 32.0 Å². The Morgan fingerprint density at radius 3 is 2.30 bits per heavy atom. The Kier molecular flexibility index (Phi) is 11.8. The third-order valence-corrected chi connectivity index (χ3v) is 6.44. The molecule has 3 aromatic rings. The maximum atomic E-state index is 11.0. The Hall–Kier alpha value is -4.05. The van der Waals surface area contributed by atoms with Gasteiger partial charge in [0.25, 0.3) is 0 Å². The molecule has 40 heavy (non-hydrogen) atoms. The van der Waals surface area contributed by atoms with E-state index in [2.05, 4.69) is 34.0 Å². The van der Waals surface area contributed by atoms with Gasteiger partial charge in [0, 0.05) is 24.1 Å². The molecule has 0 aliphatic heterocycles. The van der Waals surface area contributed by atoms with Crippen molar-refractivity contribution in [1.82, 2.24) is 14.9 Å². The lowest BCUT2D eigenvalue weighted by Gasteiger charge is -2.22. The van der Waals surface area contributed by atoms with Crippen molar-refractivity contribution >= 4 is 34.5 Å². The van der Waals surface area contributed by atoms with Crippen LogP contribution >= 0.6 is 0 Å². The molecule has 216 valence electrons. The summed E-state index contributed by atoms with van der Waals surface area (Å²) in [5, 5.41) is 23.5. The number of unbranched alkanes of at least 4 members (excludes halogenated alkanes) is 2. The van der Waals surface area contributed by atoms with E-state index in [9.17, 15) is 9.90 Å². The summed E-state index contributed by atoms with van der Waals surface area (Å²) in [5.74, 6) is 0.533. The highest BCUT2D eigenvalue weighted by Gasteiger charge is 2.16. The summed E-state index contributed by atoms with van der Waals surface area (Å²) in [7, 11) is 3.01. The normalized spacial score (nSPS) is 11.3. The smallest absolute Gasteiger partial charge is 0.328 e. The van der Waals surface area contributed by atoms with Gasteiger partial charge in [0.1, 0.15) is 12.1 Å². The fourth-order valence-electron chi connectivity index (χ4n) is 4.28. The molecule has 3 rings (SSSR count). The molecule has 10 nitrogen and oxygen atoms in total. The average Bonchev–Trinajstić information content (AvgIpc) is 2.96. The van der Waals surface area contributed by atoms with Gasteiger partial charge in [-0.05, 0) is 62.2 Å². The quantitative estimate of drug-likeness (QED) is 0.106. The van der Waals surface area contributed by atoms with Crippen molar-refractivity contribution in [3.63, 3.8) is 0 Å². The number of ether oxygens (including phenoxy) is 3. The standard InChI is InChI=1S/C30H40N4O6/c1-5-7-12-34(13-8-6-2)14-9-15-40-26-18-22-23(19-25(26)38-3)31-20-32-30(22)33-24-16-21(10-11-28(35)36)17-27(39-4)29(24)37/h10-11,16-20,37H,5-9,12-15H2,1-4H3,(H,35,36)(H,31,32,33)/b11-10+. The molecule has 0 radical (unpaired) electrons. The topological polar surface area (TPSA) is 126 Å². The predicted octanol–water partition coefficient (Wildman–Crippen LogP) is 5.87. The second-order valence-corrected chi connectivity index (χ2v) is 9.41. The van der Waals surface area contributed by atoms with Crippen LogP contribution in [0.5, 0.6) is 23.0 Å². The highest BCUT2D eigenvalue weighted by atomic mass is 16.5. The van der Waals surface area contributed by atoms with Gasteiger partial charge >= 0.3 is 5.97 Å². The minimum atomic E-state index is -1.08. The molecule has 0 atom stereocenters. The number of phenols is 1. The van der Waals surface area contributed by atoms with E-state index in [0.29, 0.717) is 46.1 Å². The number of nitrogens with zero attached hydrogens (tertiary/aromatic N) is 3. The van der Waals surface area contributed by atoms with E-state index in [1.807, 2.05) is 6.07 Å². The molecule has 0 spiro atoms. The van der Waals surface area contributed by atoms with Gasteiger partial charge in [0.15, 0.2) is 23.0 Å². The van der Waals surface area contributed by atoms with Gasteiger partial charge in [0.2, 0.25) is 0 Å². The molecule has 2 aromatic carbocycles. The van der Waals surface area contributed by atoms with Crippen molar-refractivity contribution in [2.45, 2.75) is 46.0 Å². The molecule has 0 saturated heterocycles. The molecule has 1 aromatic heterocycles. The van der Waals surface area contributed by atoms with Crippen LogP contribution in [0.4, 0.5) is 11.5 Å². The van der Waals surface area contributed by atoms with E-state index in [0.717, 1.165) is 32.1 Å². The van der Waals surface area contributed by atoms with E-state index in [1.165, 1.54) is 45.2 Å². The zero-order valence-corrected chi connectivity index (χ0v) is 23.8. The van der Waals surface area contributed by atoms with Crippen LogP contribution in [0.25, 0.3) is 17.0 Å². The van der Waals surface area contributed by atoms with Crippen LogP contribution in [0.15, 0.2) is 36.7 Å². The fraction of sp³-hybridized carbons (Fsp3) is 0.433. The number of carboxylic acids is 1. The third-order valence-electron chi connectivity index (χ3n) is 6.44. The molecule has 0 bridgehead atoms.